The van der Waals surface area contributed by atoms with Crippen LogP contribution in [0.5, 0.6) is 17.2 Å². The van der Waals surface area contributed by atoms with Crippen molar-refractivity contribution >= 4 is 11.4 Å². The van der Waals surface area contributed by atoms with Crippen LogP contribution >= 0.6 is 0 Å². The van der Waals surface area contributed by atoms with E-state index in [1.807, 2.05) is 13.0 Å². The van der Waals surface area contributed by atoms with Crippen molar-refractivity contribution < 1.29 is 14.6 Å². The van der Waals surface area contributed by atoms with Gasteiger partial charge >= 0.3 is 0 Å². The minimum Gasteiger partial charge on any atom is -0.506 e. The van der Waals surface area contributed by atoms with Crippen LogP contribution in [0.1, 0.15) is 50.8 Å². The van der Waals surface area contributed by atoms with Gasteiger partial charge in [-0.3, -0.25) is 4.79 Å². The van der Waals surface area contributed by atoms with Crippen LogP contribution in [0.25, 0.3) is 11.1 Å². The van der Waals surface area contributed by atoms with Crippen molar-refractivity contribution in [2.24, 2.45) is 10.2 Å². The number of rotatable bonds is 8. The van der Waals surface area contributed by atoms with Crippen molar-refractivity contribution in [2.75, 3.05) is 14.2 Å². The van der Waals surface area contributed by atoms with E-state index < -0.39 is 0 Å². The van der Waals surface area contributed by atoms with E-state index in [1.54, 1.807) is 26.4 Å². The molecule has 2 N–H and O–H groups in total. The minimum atomic E-state index is -0.363. The molecular formula is C22H27N3O4. The number of hydrogen-bond donors (Lipinski definition) is 2. The number of unbranched alkanes of at least 4 members (excludes halogenated alkanes) is 1. The largest absolute Gasteiger partial charge is 0.506 e. The highest BCUT2D eigenvalue weighted by Crippen LogP contribution is 2.45. The summed E-state index contributed by atoms with van der Waals surface area (Å²) < 4.78 is 11.1. The summed E-state index contributed by atoms with van der Waals surface area (Å²) in [5.41, 5.74) is 2.90. The Morgan fingerprint density at radius 2 is 1.76 bits per heavy atom. The van der Waals surface area contributed by atoms with Crippen molar-refractivity contribution in [2.45, 2.75) is 46.0 Å². The van der Waals surface area contributed by atoms with Gasteiger partial charge in [0.05, 0.1) is 31.1 Å². The third kappa shape index (κ3) is 3.90. The first kappa shape index (κ1) is 20.6. The van der Waals surface area contributed by atoms with E-state index in [2.05, 4.69) is 22.1 Å². The number of nitrogens with one attached hydrogen (secondary N) is 1. The Kier molecular flexibility index (Phi) is 6.36. The highest BCUT2D eigenvalue weighted by Gasteiger charge is 2.27. The fraction of sp³-hybridized carbons (Fsp3) is 0.409. The topological polar surface area (TPSA) is 96.3 Å². The maximum absolute atomic E-state index is 12.9. The summed E-state index contributed by atoms with van der Waals surface area (Å²) >= 11 is 0. The van der Waals surface area contributed by atoms with E-state index in [-0.39, 0.29) is 16.9 Å². The third-order valence-corrected chi connectivity index (χ3v) is 5.11. The molecule has 0 saturated carbocycles. The van der Waals surface area contributed by atoms with E-state index in [0.29, 0.717) is 46.9 Å². The fourth-order valence-corrected chi connectivity index (χ4v) is 3.54. The van der Waals surface area contributed by atoms with Crippen molar-refractivity contribution in [1.29, 1.82) is 0 Å². The van der Waals surface area contributed by atoms with E-state index in [9.17, 15) is 9.90 Å². The van der Waals surface area contributed by atoms with Crippen LogP contribution in [0, 0.1) is 0 Å². The van der Waals surface area contributed by atoms with Gasteiger partial charge in [0.15, 0.2) is 0 Å². The van der Waals surface area contributed by atoms with Crippen LogP contribution in [-0.2, 0) is 6.42 Å². The zero-order valence-electron chi connectivity index (χ0n) is 17.3. The molecule has 0 bridgehead atoms. The second kappa shape index (κ2) is 8.94. The fourth-order valence-electron chi connectivity index (χ4n) is 3.54. The molecule has 0 radical (unpaired) electrons. The van der Waals surface area contributed by atoms with Crippen molar-refractivity contribution in [1.82, 2.24) is 4.98 Å². The second-order valence-corrected chi connectivity index (χ2v) is 6.92. The standard InChI is InChI=1S/C22H27N3O4/c1-5-7-9-14-18(20-16(28-3)10-8-11-17(20)29-4)21(26)19(22(27)23-14)15-12-13(6-2)24-25-15/h8,10-11H,5-7,9,12H2,1-4H3,(H2,23,26,27). The lowest BCUT2D eigenvalue weighted by atomic mass is 9.93. The molecule has 0 saturated heterocycles. The lowest BCUT2D eigenvalue weighted by molar-refractivity contribution is 0.396. The molecule has 0 amide bonds. The SMILES string of the molecule is CCCCc1[nH]c(=O)c(C2=NN=C(CC)C2)c(O)c1-c1c(OC)cccc1OC. The molecule has 1 aliphatic heterocycles. The molecule has 0 fully saturated rings. The Labute approximate surface area is 170 Å². The molecule has 3 rings (SSSR count). The molecule has 1 aromatic carbocycles. The van der Waals surface area contributed by atoms with Gasteiger partial charge in [0.1, 0.15) is 22.8 Å². The number of aromatic hydroxyl groups is 1. The first-order valence-corrected chi connectivity index (χ1v) is 9.87. The van der Waals surface area contributed by atoms with Gasteiger partial charge in [-0.15, -0.1) is 0 Å². The van der Waals surface area contributed by atoms with Gasteiger partial charge in [-0.25, -0.2) is 0 Å². The van der Waals surface area contributed by atoms with Crippen molar-refractivity contribution in [3.63, 3.8) is 0 Å². The average Bonchev–Trinajstić information content (AvgIpc) is 3.20. The number of aryl methyl sites for hydroxylation is 1. The van der Waals surface area contributed by atoms with E-state index in [0.717, 1.165) is 25.0 Å². The lowest BCUT2D eigenvalue weighted by Gasteiger charge is -2.19. The number of aromatic nitrogens is 1. The molecule has 0 spiro atoms. The Bertz CT molecular complexity index is 999. The number of pyridine rings is 1. The number of benzene rings is 1. The third-order valence-electron chi connectivity index (χ3n) is 5.11. The second-order valence-electron chi connectivity index (χ2n) is 6.92. The normalized spacial score (nSPS) is 13.2. The summed E-state index contributed by atoms with van der Waals surface area (Å²) in [6.45, 7) is 4.06. The van der Waals surface area contributed by atoms with Gasteiger partial charge in [0, 0.05) is 17.8 Å². The number of aromatic amines is 1. The van der Waals surface area contributed by atoms with Crippen LogP contribution in [0.2, 0.25) is 0 Å². The first-order valence-electron chi connectivity index (χ1n) is 9.87. The predicted octanol–water partition coefficient (Wildman–Crippen LogP) is 4.07. The van der Waals surface area contributed by atoms with Gasteiger partial charge < -0.3 is 19.6 Å². The molecule has 7 nitrogen and oxygen atoms in total. The van der Waals surface area contributed by atoms with E-state index in [1.165, 1.54) is 0 Å². The molecule has 7 heteroatoms. The molecule has 1 aromatic heterocycles. The van der Waals surface area contributed by atoms with Gasteiger partial charge in [0.2, 0.25) is 0 Å². The molecule has 0 aliphatic carbocycles. The predicted molar refractivity (Wildman–Crippen MR) is 115 cm³/mol. The molecule has 0 unspecified atom stereocenters. The van der Waals surface area contributed by atoms with Crippen LogP contribution in [0.4, 0.5) is 0 Å². The first-order chi connectivity index (χ1) is 14.0. The zero-order chi connectivity index (χ0) is 21.0. The Hall–Kier alpha value is -3.09. The van der Waals surface area contributed by atoms with E-state index >= 15 is 0 Å². The molecule has 2 aromatic rings. The van der Waals surface area contributed by atoms with Gasteiger partial charge in [-0.1, -0.05) is 26.3 Å². The highest BCUT2D eigenvalue weighted by molar-refractivity contribution is 6.16. The van der Waals surface area contributed by atoms with Gasteiger partial charge in [-0.05, 0) is 31.4 Å². The number of H-pyrrole nitrogens is 1. The minimum absolute atomic E-state index is 0.117. The lowest BCUT2D eigenvalue weighted by Crippen LogP contribution is -2.21. The maximum Gasteiger partial charge on any atom is 0.261 e. The van der Waals surface area contributed by atoms with Crippen LogP contribution in [-0.4, -0.2) is 35.7 Å². The molecule has 1 aliphatic rings. The van der Waals surface area contributed by atoms with Crippen molar-refractivity contribution in [3.05, 3.63) is 39.8 Å². The highest BCUT2D eigenvalue weighted by atomic mass is 16.5. The molecule has 154 valence electrons. The maximum atomic E-state index is 12.9. The van der Waals surface area contributed by atoms with Crippen molar-refractivity contribution in [3.8, 4) is 28.4 Å². The summed E-state index contributed by atoms with van der Waals surface area (Å²) in [7, 11) is 3.13. The number of hydrogen-bond acceptors (Lipinski definition) is 6. The molecule has 2 heterocycles. The number of nitrogens with zero attached hydrogens (tertiary/aromatic N) is 2. The van der Waals surface area contributed by atoms with Crippen LogP contribution in [0.15, 0.2) is 33.2 Å². The van der Waals surface area contributed by atoms with E-state index in [4.69, 9.17) is 9.47 Å². The Morgan fingerprint density at radius 1 is 1.07 bits per heavy atom. The van der Waals surface area contributed by atoms with Crippen LogP contribution in [0.3, 0.4) is 0 Å². The smallest absolute Gasteiger partial charge is 0.261 e. The Morgan fingerprint density at radius 3 is 2.31 bits per heavy atom. The summed E-state index contributed by atoms with van der Waals surface area (Å²) in [5, 5.41) is 19.6. The summed E-state index contributed by atoms with van der Waals surface area (Å²) in [6, 6.07) is 5.42. The molecule has 29 heavy (non-hydrogen) atoms. The molecular weight excluding hydrogens is 370 g/mol. The number of methoxy groups -OCH3 is 2. The van der Waals surface area contributed by atoms with Gasteiger partial charge in [-0.2, -0.15) is 10.2 Å². The zero-order valence-corrected chi connectivity index (χ0v) is 17.3. The average molecular weight is 397 g/mol. The van der Waals surface area contributed by atoms with Gasteiger partial charge in [0.25, 0.3) is 5.56 Å². The monoisotopic (exact) mass is 397 g/mol. The number of ether oxygens (including phenoxy) is 2. The molecule has 0 atom stereocenters. The Balaban J connectivity index is 2.28. The van der Waals surface area contributed by atoms with Crippen LogP contribution < -0.4 is 15.0 Å². The summed E-state index contributed by atoms with van der Waals surface area (Å²) in [4.78, 5) is 15.9. The summed E-state index contributed by atoms with van der Waals surface area (Å²) in [6.07, 6.45) is 3.62. The quantitative estimate of drug-likeness (QED) is 0.702. The summed E-state index contributed by atoms with van der Waals surface area (Å²) in [5.74, 6) is 0.984.